The Labute approximate surface area is 164 Å². The van der Waals surface area contributed by atoms with Gasteiger partial charge in [-0.15, -0.1) is 24.0 Å². The average molecular weight is 475 g/mol. The molecule has 0 saturated carbocycles. The van der Waals surface area contributed by atoms with Crippen molar-refractivity contribution in [1.82, 2.24) is 20.3 Å². The number of rotatable bonds is 9. The van der Waals surface area contributed by atoms with Crippen LogP contribution in [-0.4, -0.2) is 70.8 Å². The highest BCUT2D eigenvalue weighted by molar-refractivity contribution is 14.0. The number of piperidine rings is 1. The van der Waals surface area contributed by atoms with Crippen LogP contribution in [0.5, 0.6) is 0 Å². The average Bonchev–Trinajstić information content (AvgIpc) is 2.55. The van der Waals surface area contributed by atoms with Gasteiger partial charge in [0.15, 0.2) is 5.96 Å². The normalized spacial score (nSPS) is 19.6. The Morgan fingerprint density at radius 3 is 2.54 bits per heavy atom. The summed E-state index contributed by atoms with van der Waals surface area (Å²) in [6.45, 7) is 8.00. The lowest BCUT2D eigenvalue weighted by Crippen LogP contribution is -2.43. The molecule has 0 aliphatic carbocycles. The smallest absolute Gasteiger partial charge is 0.211 e. The summed E-state index contributed by atoms with van der Waals surface area (Å²) in [4.78, 5) is 6.70. The van der Waals surface area contributed by atoms with Crippen LogP contribution in [0.2, 0.25) is 0 Å². The molecule has 0 aromatic heterocycles. The number of halogens is 1. The van der Waals surface area contributed by atoms with Crippen molar-refractivity contribution in [2.24, 2.45) is 4.99 Å². The lowest BCUT2D eigenvalue weighted by molar-refractivity contribution is 0.159. The maximum atomic E-state index is 11.3. The molecule has 1 unspecified atom stereocenters. The molecular formula is C15H34IN5O2S. The van der Waals surface area contributed by atoms with Crippen molar-refractivity contribution in [2.75, 3.05) is 45.5 Å². The first kappa shape index (κ1) is 23.9. The van der Waals surface area contributed by atoms with Gasteiger partial charge in [-0.05, 0) is 39.7 Å². The first-order valence-corrected chi connectivity index (χ1v) is 10.3. The number of nitrogens with one attached hydrogen (secondary N) is 3. The van der Waals surface area contributed by atoms with Gasteiger partial charge in [-0.2, -0.15) is 0 Å². The SMILES string of the molecule is CCS(=O)(=O)NCCNC(=NC)NCCCN1CCCCC1C.I. The molecule has 1 aliphatic heterocycles. The summed E-state index contributed by atoms with van der Waals surface area (Å²) >= 11 is 0. The number of likely N-dealkylation sites (tertiary alicyclic amines) is 1. The Hall–Kier alpha value is -0.130. The van der Waals surface area contributed by atoms with Crippen molar-refractivity contribution in [2.45, 2.75) is 45.6 Å². The van der Waals surface area contributed by atoms with Gasteiger partial charge in [0, 0.05) is 39.3 Å². The zero-order chi connectivity index (χ0) is 17.1. The number of nitrogens with zero attached hydrogens (tertiary/aromatic N) is 2. The van der Waals surface area contributed by atoms with Crippen LogP contribution in [0.25, 0.3) is 0 Å². The van der Waals surface area contributed by atoms with Gasteiger partial charge in [-0.25, -0.2) is 13.1 Å². The van der Waals surface area contributed by atoms with Crippen LogP contribution in [0, 0.1) is 0 Å². The van der Waals surface area contributed by atoms with Crippen molar-refractivity contribution in [3.63, 3.8) is 0 Å². The van der Waals surface area contributed by atoms with E-state index in [-0.39, 0.29) is 29.7 Å². The van der Waals surface area contributed by atoms with Crippen LogP contribution in [-0.2, 0) is 10.0 Å². The topological polar surface area (TPSA) is 85.8 Å². The van der Waals surface area contributed by atoms with E-state index in [1.54, 1.807) is 14.0 Å². The van der Waals surface area contributed by atoms with Crippen LogP contribution < -0.4 is 15.4 Å². The third-order valence-corrected chi connectivity index (χ3v) is 5.60. The second-order valence-corrected chi connectivity index (χ2v) is 8.05. The minimum absolute atomic E-state index is 0. The fraction of sp³-hybridized carbons (Fsp3) is 0.933. The monoisotopic (exact) mass is 475 g/mol. The number of hydrogen-bond donors (Lipinski definition) is 3. The largest absolute Gasteiger partial charge is 0.356 e. The molecule has 1 atom stereocenters. The van der Waals surface area contributed by atoms with Crippen molar-refractivity contribution in [3.8, 4) is 0 Å². The van der Waals surface area contributed by atoms with E-state index in [2.05, 4.69) is 32.2 Å². The van der Waals surface area contributed by atoms with Crippen LogP contribution in [0.15, 0.2) is 4.99 Å². The van der Waals surface area contributed by atoms with Gasteiger partial charge in [0.25, 0.3) is 0 Å². The van der Waals surface area contributed by atoms with Crippen molar-refractivity contribution in [3.05, 3.63) is 0 Å². The zero-order valence-electron chi connectivity index (χ0n) is 15.2. The molecule has 1 saturated heterocycles. The lowest BCUT2D eigenvalue weighted by Gasteiger charge is -2.33. The van der Waals surface area contributed by atoms with Gasteiger partial charge in [0.05, 0.1) is 5.75 Å². The van der Waals surface area contributed by atoms with Gasteiger partial charge < -0.3 is 15.5 Å². The molecule has 0 radical (unpaired) electrons. The zero-order valence-corrected chi connectivity index (χ0v) is 18.3. The number of aliphatic imine (C=N–C) groups is 1. The Bertz CT molecular complexity index is 459. The molecule has 7 nitrogen and oxygen atoms in total. The van der Waals surface area contributed by atoms with E-state index < -0.39 is 10.0 Å². The predicted octanol–water partition coefficient (Wildman–Crippen LogP) is 0.973. The van der Waals surface area contributed by atoms with Crippen molar-refractivity contribution < 1.29 is 8.42 Å². The fourth-order valence-corrected chi connectivity index (χ4v) is 3.31. The second-order valence-electron chi connectivity index (χ2n) is 5.96. The summed E-state index contributed by atoms with van der Waals surface area (Å²) in [5.74, 6) is 0.821. The van der Waals surface area contributed by atoms with Crippen molar-refractivity contribution >= 4 is 40.0 Å². The summed E-state index contributed by atoms with van der Waals surface area (Å²) in [6, 6.07) is 0.702. The van der Waals surface area contributed by atoms with Crippen molar-refractivity contribution in [1.29, 1.82) is 0 Å². The maximum absolute atomic E-state index is 11.3. The van der Waals surface area contributed by atoms with Crippen LogP contribution >= 0.6 is 24.0 Å². The van der Waals surface area contributed by atoms with Gasteiger partial charge in [-0.3, -0.25) is 4.99 Å². The fourth-order valence-electron chi connectivity index (χ4n) is 2.69. The summed E-state index contributed by atoms with van der Waals surface area (Å²) in [7, 11) is -1.40. The highest BCUT2D eigenvalue weighted by atomic mass is 127. The van der Waals surface area contributed by atoms with E-state index in [1.807, 2.05) is 0 Å². The molecule has 0 amide bonds. The maximum Gasteiger partial charge on any atom is 0.211 e. The van der Waals surface area contributed by atoms with E-state index in [9.17, 15) is 8.42 Å². The molecule has 0 spiro atoms. The molecule has 3 N–H and O–H groups in total. The molecule has 9 heteroatoms. The summed E-state index contributed by atoms with van der Waals surface area (Å²) in [5.41, 5.74) is 0. The van der Waals surface area contributed by atoms with Crippen LogP contribution in [0.1, 0.15) is 39.5 Å². The Balaban J connectivity index is 0.00000529. The molecule has 0 aromatic rings. The van der Waals surface area contributed by atoms with E-state index in [0.29, 0.717) is 25.1 Å². The Morgan fingerprint density at radius 2 is 1.92 bits per heavy atom. The van der Waals surface area contributed by atoms with Gasteiger partial charge >= 0.3 is 0 Å². The highest BCUT2D eigenvalue weighted by Gasteiger charge is 2.17. The third kappa shape index (κ3) is 10.00. The molecule has 1 aliphatic rings. The van der Waals surface area contributed by atoms with Crippen LogP contribution in [0.4, 0.5) is 0 Å². The standard InChI is InChI=1S/C15H33N5O2S.HI/c1-4-23(21,22)19-11-10-18-15(16-3)17-9-7-13-20-12-6-5-8-14(20)2;/h14,19H,4-13H2,1-3H3,(H2,16,17,18);1H. The minimum Gasteiger partial charge on any atom is -0.356 e. The molecule has 0 aromatic carbocycles. The predicted molar refractivity (Wildman–Crippen MR) is 112 cm³/mol. The highest BCUT2D eigenvalue weighted by Crippen LogP contribution is 2.15. The lowest BCUT2D eigenvalue weighted by atomic mass is 10.0. The van der Waals surface area contributed by atoms with Gasteiger partial charge in [0.1, 0.15) is 0 Å². The minimum atomic E-state index is -3.12. The molecule has 24 heavy (non-hydrogen) atoms. The summed E-state index contributed by atoms with van der Waals surface area (Å²) in [5, 5.41) is 6.38. The molecule has 144 valence electrons. The number of guanidine groups is 1. The van der Waals surface area contributed by atoms with E-state index in [1.165, 1.54) is 25.8 Å². The molecule has 1 rings (SSSR count). The summed E-state index contributed by atoms with van der Waals surface area (Å²) < 4.78 is 25.1. The molecule has 0 bridgehead atoms. The second kappa shape index (κ2) is 13.1. The molecule has 1 heterocycles. The van der Waals surface area contributed by atoms with E-state index in [0.717, 1.165) is 19.5 Å². The third-order valence-electron chi connectivity index (χ3n) is 4.20. The summed E-state index contributed by atoms with van der Waals surface area (Å²) in [6.07, 6.45) is 5.06. The van der Waals surface area contributed by atoms with Gasteiger partial charge in [-0.1, -0.05) is 6.42 Å². The van der Waals surface area contributed by atoms with E-state index >= 15 is 0 Å². The number of sulfonamides is 1. The molecular weight excluding hydrogens is 441 g/mol. The first-order chi connectivity index (χ1) is 11.0. The molecule has 1 fully saturated rings. The van der Waals surface area contributed by atoms with E-state index in [4.69, 9.17) is 0 Å². The quantitative estimate of drug-likeness (QED) is 0.200. The van der Waals surface area contributed by atoms with Crippen LogP contribution in [0.3, 0.4) is 0 Å². The Kier molecular flexibility index (Phi) is 13.1. The first-order valence-electron chi connectivity index (χ1n) is 8.64. The number of hydrogen-bond acceptors (Lipinski definition) is 4. The Morgan fingerprint density at radius 1 is 1.21 bits per heavy atom. The van der Waals surface area contributed by atoms with Gasteiger partial charge in [0.2, 0.25) is 10.0 Å².